The quantitative estimate of drug-likeness (QED) is 0.753. The molecular weight excluding hydrogens is 349 g/mol. The van der Waals surface area contributed by atoms with Crippen molar-refractivity contribution in [1.82, 2.24) is 0 Å². The molecule has 0 saturated heterocycles. The largest absolute Gasteiger partial charge is 0.486 e. The van der Waals surface area contributed by atoms with Crippen molar-refractivity contribution in [2.24, 2.45) is 0 Å². The van der Waals surface area contributed by atoms with Gasteiger partial charge in [-0.05, 0) is 56.3 Å². The van der Waals surface area contributed by atoms with E-state index in [0.29, 0.717) is 23.4 Å². The van der Waals surface area contributed by atoms with Gasteiger partial charge in [0.05, 0.1) is 17.9 Å². The first-order valence-corrected chi connectivity index (χ1v) is 8.93. The highest BCUT2D eigenvalue weighted by Gasteiger charge is 2.34. The van der Waals surface area contributed by atoms with Crippen LogP contribution >= 0.6 is 0 Å². The average molecular weight is 371 g/mol. The molecular formula is C21H22FNO4. The van der Waals surface area contributed by atoms with Crippen molar-refractivity contribution in [2.75, 3.05) is 11.5 Å². The molecule has 3 rings (SSSR count). The van der Waals surface area contributed by atoms with Crippen molar-refractivity contribution >= 4 is 17.6 Å². The molecule has 2 aromatic rings. The third-order valence-corrected chi connectivity index (χ3v) is 4.57. The molecule has 0 fully saturated rings. The molecule has 6 heteroatoms. The molecule has 0 bridgehead atoms. The minimum absolute atomic E-state index is 0.0751. The number of esters is 1. The molecule has 1 aliphatic rings. The number of halogens is 1. The summed E-state index contributed by atoms with van der Waals surface area (Å²) < 4.78 is 24.3. The van der Waals surface area contributed by atoms with Crippen molar-refractivity contribution < 1.29 is 23.5 Å². The molecule has 5 nitrogen and oxygen atoms in total. The summed E-state index contributed by atoms with van der Waals surface area (Å²) in [6, 6.07) is 10.8. The SMILES string of the molecule is CCOC(=O)c1ccc2c(c1)[C@H](Oc1ccc(F)cc1)C[C@H](C)N2C(C)=O. The Kier molecular flexibility index (Phi) is 5.44. The van der Waals surface area contributed by atoms with E-state index < -0.39 is 5.97 Å². The lowest BCUT2D eigenvalue weighted by molar-refractivity contribution is -0.117. The highest BCUT2D eigenvalue weighted by Crippen LogP contribution is 2.40. The Morgan fingerprint density at radius 3 is 2.52 bits per heavy atom. The van der Waals surface area contributed by atoms with Gasteiger partial charge in [0, 0.05) is 24.9 Å². The van der Waals surface area contributed by atoms with Crippen molar-refractivity contribution in [2.45, 2.75) is 39.3 Å². The van der Waals surface area contributed by atoms with E-state index in [2.05, 4.69) is 0 Å². The lowest BCUT2D eigenvalue weighted by Gasteiger charge is -2.39. The summed E-state index contributed by atoms with van der Waals surface area (Å²) in [7, 11) is 0. The van der Waals surface area contributed by atoms with E-state index in [0.717, 1.165) is 5.56 Å². The first-order valence-electron chi connectivity index (χ1n) is 8.93. The van der Waals surface area contributed by atoms with Crippen LogP contribution in [0.2, 0.25) is 0 Å². The Hall–Kier alpha value is -2.89. The molecule has 0 spiro atoms. The fourth-order valence-electron chi connectivity index (χ4n) is 3.42. The lowest BCUT2D eigenvalue weighted by atomic mass is 9.92. The number of ether oxygens (including phenoxy) is 2. The Bertz CT molecular complexity index is 850. The molecule has 1 amide bonds. The van der Waals surface area contributed by atoms with Gasteiger partial charge < -0.3 is 14.4 Å². The van der Waals surface area contributed by atoms with E-state index in [1.54, 1.807) is 42.2 Å². The number of rotatable bonds is 4. The molecule has 2 atom stereocenters. The minimum Gasteiger partial charge on any atom is -0.486 e. The zero-order chi connectivity index (χ0) is 19.6. The van der Waals surface area contributed by atoms with Crippen LogP contribution in [0.15, 0.2) is 42.5 Å². The third-order valence-electron chi connectivity index (χ3n) is 4.57. The number of hydrogen-bond donors (Lipinski definition) is 0. The standard InChI is InChI=1S/C21H22FNO4/c1-4-26-21(25)15-5-10-19-18(12-15)20(11-13(2)23(19)14(3)24)27-17-8-6-16(22)7-9-17/h5-10,12-13,20H,4,11H2,1-3H3/t13-,20+/m0/s1. The second-order valence-electron chi connectivity index (χ2n) is 6.53. The zero-order valence-corrected chi connectivity index (χ0v) is 15.6. The molecule has 0 aromatic heterocycles. The Morgan fingerprint density at radius 1 is 1.19 bits per heavy atom. The monoisotopic (exact) mass is 371 g/mol. The van der Waals surface area contributed by atoms with Crippen molar-refractivity contribution in [1.29, 1.82) is 0 Å². The number of hydrogen-bond acceptors (Lipinski definition) is 4. The molecule has 0 saturated carbocycles. The van der Waals surface area contributed by atoms with Gasteiger partial charge in [0.15, 0.2) is 0 Å². The molecule has 1 heterocycles. The predicted molar refractivity (Wildman–Crippen MR) is 99.4 cm³/mol. The van der Waals surface area contributed by atoms with Crippen LogP contribution in [0.25, 0.3) is 0 Å². The highest BCUT2D eigenvalue weighted by molar-refractivity contribution is 5.95. The van der Waals surface area contributed by atoms with E-state index in [-0.39, 0.29) is 30.5 Å². The van der Waals surface area contributed by atoms with Crippen LogP contribution in [0, 0.1) is 5.82 Å². The number of carbonyl (C=O) groups is 2. The van der Waals surface area contributed by atoms with Gasteiger partial charge in [-0.1, -0.05) is 0 Å². The molecule has 27 heavy (non-hydrogen) atoms. The van der Waals surface area contributed by atoms with Crippen LogP contribution < -0.4 is 9.64 Å². The number of benzene rings is 2. The normalized spacial score (nSPS) is 18.6. The average Bonchev–Trinajstić information content (AvgIpc) is 2.63. The Labute approximate surface area is 157 Å². The Balaban J connectivity index is 2.01. The van der Waals surface area contributed by atoms with Gasteiger partial charge >= 0.3 is 5.97 Å². The molecule has 2 aromatic carbocycles. The van der Waals surface area contributed by atoms with Gasteiger partial charge in [0.2, 0.25) is 5.91 Å². The fourth-order valence-corrected chi connectivity index (χ4v) is 3.42. The van der Waals surface area contributed by atoms with Crippen molar-refractivity contribution in [3.8, 4) is 5.75 Å². The minimum atomic E-state index is -0.422. The van der Waals surface area contributed by atoms with Gasteiger partial charge in [-0.25, -0.2) is 9.18 Å². The molecule has 1 aliphatic heterocycles. The van der Waals surface area contributed by atoms with Crippen LogP contribution in [-0.4, -0.2) is 24.5 Å². The summed E-state index contributed by atoms with van der Waals surface area (Å²) >= 11 is 0. The number of anilines is 1. The van der Waals surface area contributed by atoms with Gasteiger partial charge in [-0.3, -0.25) is 4.79 Å². The predicted octanol–water partition coefficient (Wildman–Crippen LogP) is 4.27. The number of amides is 1. The summed E-state index contributed by atoms with van der Waals surface area (Å²) in [4.78, 5) is 26.0. The number of carbonyl (C=O) groups excluding carboxylic acids is 2. The molecule has 0 unspecified atom stereocenters. The van der Waals surface area contributed by atoms with E-state index in [9.17, 15) is 14.0 Å². The fraction of sp³-hybridized carbons (Fsp3) is 0.333. The maximum Gasteiger partial charge on any atom is 0.338 e. The first kappa shape index (κ1) is 18.9. The molecule has 142 valence electrons. The maximum atomic E-state index is 13.2. The topological polar surface area (TPSA) is 55.8 Å². The zero-order valence-electron chi connectivity index (χ0n) is 15.6. The second-order valence-corrected chi connectivity index (χ2v) is 6.53. The second kappa shape index (κ2) is 7.78. The van der Waals surface area contributed by atoms with Crippen molar-refractivity contribution in [3.63, 3.8) is 0 Å². The van der Waals surface area contributed by atoms with Crippen LogP contribution in [-0.2, 0) is 9.53 Å². The lowest BCUT2D eigenvalue weighted by Crippen LogP contribution is -2.43. The van der Waals surface area contributed by atoms with Crippen LogP contribution in [0.3, 0.4) is 0 Å². The Morgan fingerprint density at radius 2 is 1.89 bits per heavy atom. The van der Waals surface area contributed by atoms with E-state index in [4.69, 9.17) is 9.47 Å². The number of fused-ring (bicyclic) bond motifs is 1. The smallest absolute Gasteiger partial charge is 0.338 e. The van der Waals surface area contributed by atoms with E-state index in [1.807, 2.05) is 6.92 Å². The van der Waals surface area contributed by atoms with Gasteiger partial charge in [-0.15, -0.1) is 0 Å². The molecule has 0 N–H and O–H groups in total. The van der Waals surface area contributed by atoms with Crippen LogP contribution in [0.1, 0.15) is 49.2 Å². The van der Waals surface area contributed by atoms with Gasteiger partial charge in [-0.2, -0.15) is 0 Å². The summed E-state index contributed by atoms with van der Waals surface area (Å²) in [5.41, 5.74) is 1.85. The van der Waals surface area contributed by atoms with E-state index in [1.165, 1.54) is 19.1 Å². The summed E-state index contributed by atoms with van der Waals surface area (Å²) in [5, 5.41) is 0. The first-order chi connectivity index (χ1) is 12.9. The maximum absolute atomic E-state index is 13.2. The number of nitrogens with zero attached hydrogens (tertiary/aromatic N) is 1. The molecule has 0 aliphatic carbocycles. The summed E-state index contributed by atoms with van der Waals surface area (Å²) in [5.74, 6) is -0.314. The van der Waals surface area contributed by atoms with Crippen molar-refractivity contribution in [3.05, 3.63) is 59.4 Å². The highest BCUT2D eigenvalue weighted by atomic mass is 19.1. The summed E-state index contributed by atoms with van der Waals surface area (Å²) in [6.07, 6.45) is 0.182. The van der Waals surface area contributed by atoms with Crippen LogP contribution in [0.5, 0.6) is 5.75 Å². The third kappa shape index (κ3) is 3.94. The van der Waals surface area contributed by atoms with Crippen LogP contribution in [0.4, 0.5) is 10.1 Å². The summed E-state index contributed by atoms with van der Waals surface area (Å²) in [6.45, 7) is 5.49. The molecule has 0 radical (unpaired) electrons. The van der Waals surface area contributed by atoms with Gasteiger partial charge in [0.1, 0.15) is 17.7 Å². The van der Waals surface area contributed by atoms with Gasteiger partial charge in [0.25, 0.3) is 0 Å². The van der Waals surface area contributed by atoms with E-state index >= 15 is 0 Å².